The molecule has 4 atom stereocenters. The van der Waals surface area contributed by atoms with Crippen molar-refractivity contribution < 1.29 is 19.7 Å². The summed E-state index contributed by atoms with van der Waals surface area (Å²) >= 11 is 0. The third-order valence-corrected chi connectivity index (χ3v) is 4.00. The first-order valence-electron chi connectivity index (χ1n) is 6.52. The zero-order valence-corrected chi connectivity index (χ0v) is 11.1. The molecule has 1 fully saturated rings. The molecule has 1 saturated heterocycles. The Balaban J connectivity index is 2.30. The zero-order chi connectivity index (χ0) is 14.2. The maximum Gasteiger partial charge on any atom is 0.334 e. The molecule has 0 radical (unpaired) electrons. The van der Waals surface area contributed by atoms with Gasteiger partial charge in [0.15, 0.2) is 0 Å². The summed E-state index contributed by atoms with van der Waals surface area (Å²) in [6, 6.07) is 0. The highest BCUT2D eigenvalue weighted by Gasteiger charge is 2.38. The molecule has 0 spiro atoms. The van der Waals surface area contributed by atoms with E-state index in [1.807, 2.05) is 0 Å². The molecule has 19 heavy (non-hydrogen) atoms. The van der Waals surface area contributed by atoms with E-state index in [1.54, 1.807) is 13.0 Å². The van der Waals surface area contributed by atoms with Gasteiger partial charge in [-0.25, -0.2) is 4.79 Å². The fourth-order valence-electron chi connectivity index (χ4n) is 2.56. The number of hydrogen-bond donors (Lipinski definition) is 2. The third kappa shape index (κ3) is 2.80. The largest absolute Gasteiger partial charge is 0.454 e. The van der Waals surface area contributed by atoms with Gasteiger partial charge in [0.25, 0.3) is 0 Å². The molecule has 0 aromatic heterocycles. The lowest BCUT2D eigenvalue weighted by Gasteiger charge is -2.24. The smallest absolute Gasteiger partial charge is 0.334 e. The predicted molar refractivity (Wildman–Crippen MR) is 71.3 cm³/mol. The Morgan fingerprint density at radius 2 is 2.00 bits per heavy atom. The Kier molecular flexibility index (Phi) is 3.92. The number of carbonyl (C=O) groups is 1. The lowest BCUT2D eigenvalue weighted by Crippen LogP contribution is -2.25. The van der Waals surface area contributed by atoms with Crippen molar-refractivity contribution in [2.75, 3.05) is 0 Å². The molecule has 4 nitrogen and oxygen atoms in total. The van der Waals surface area contributed by atoms with Crippen LogP contribution in [0, 0.1) is 5.92 Å². The molecular weight excluding hydrogens is 244 g/mol. The molecule has 1 aliphatic carbocycles. The number of fused-ring (bicyclic) bond motifs is 1. The lowest BCUT2D eigenvalue weighted by atomic mass is 9.85. The van der Waals surface area contributed by atoms with Crippen molar-refractivity contribution in [3.63, 3.8) is 0 Å². The summed E-state index contributed by atoms with van der Waals surface area (Å²) in [4.78, 5) is 11.6. The van der Waals surface area contributed by atoms with E-state index in [0.717, 1.165) is 0 Å². The summed E-state index contributed by atoms with van der Waals surface area (Å²) in [5.41, 5.74) is 1.84. The normalized spacial score (nSPS) is 39.3. The number of aliphatic hydroxyl groups is 2. The number of aliphatic hydroxyl groups excluding tert-OH is 2. The minimum absolute atomic E-state index is 0.100. The third-order valence-electron chi connectivity index (χ3n) is 4.00. The van der Waals surface area contributed by atoms with E-state index in [1.165, 1.54) is 0 Å². The molecule has 0 aromatic carbocycles. The van der Waals surface area contributed by atoms with Gasteiger partial charge in [-0.05, 0) is 37.0 Å². The Morgan fingerprint density at radius 3 is 2.68 bits per heavy atom. The van der Waals surface area contributed by atoms with E-state index < -0.39 is 12.2 Å². The molecule has 0 bridgehead atoms. The first-order valence-corrected chi connectivity index (χ1v) is 6.52. The van der Waals surface area contributed by atoms with E-state index in [9.17, 15) is 15.0 Å². The monoisotopic (exact) mass is 264 g/mol. The molecule has 0 amide bonds. The van der Waals surface area contributed by atoms with Gasteiger partial charge in [-0.3, -0.25) is 0 Å². The molecule has 1 aliphatic heterocycles. The summed E-state index contributed by atoms with van der Waals surface area (Å²) in [7, 11) is 0. The van der Waals surface area contributed by atoms with Crippen molar-refractivity contribution >= 4 is 5.97 Å². The fraction of sp³-hybridized carbons (Fsp3) is 0.533. The van der Waals surface area contributed by atoms with E-state index >= 15 is 0 Å². The van der Waals surface area contributed by atoms with Gasteiger partial charge in [-0.1, -0.05) is 13.2 Å². The second-order valence-electron chi connectivity index (χ2n) is 5.38. The number of rotatable bonds is 0. The maximum absolute atomic E-state index is 11.6. The van der Waals surface area contributed by atoms with Gasteiger partial charge in [0.1, 0.15) is 6.10 Å². The standard InChI is InChI=1S/C15H20O4/c1-8-4-5-11-10(3)15(18)19-14(11)6-9(2)13(17)7-12(8)16/h6,11-14,16-17H,1,3-5,7H2,2H3/b9-6+/t11-,12-,13-,14+/m0/s1. The summed E-state index contributed by atoms with van der Waals surface area (Å²) in [6.07, 6.45) is 1.43. The Morgan fingerprint density at radius 1 is 1.32 bits per heavy atom. The van der Waals surface area contributed by atoms with Crippen LogP contribution in [-0.4, -0.2) is 34.5 Å². The average molecular weight is 264 g/mol. The van der Waals surface area contributed by atoms with Crippen LogP contribution in [0.1, 0.15) is 26.2 Å². The van der Waals surface area contributed by atoms with Crippen LogP contribution in [0.4, 0.5) is 0 Å². The quantitative estimate of drug-likeness (QED) is 0.395. The summed E-state index contributed by atoms with van der Waals surface area (Å²) in [5.74, 6) is -0.476. The van der Waals surface area contributed by atoms with Crippen molar-refractivity contribution in [2.24, 2.45) is 5.92 Å². The van der Waals surface area contributed by atoms with Gasteiger partial charge in [0.2, 0.25) is 0 Å². The Hall–Kier alpha value is -1.39. The summed E-state index contributed by atoms with van der Waals surface area (Å²) in [5, 5.41) is 19.9. The topological polar surface area (TPSA) is 66.8 Å². The van der Waals surface area contributed by atoms with Crippen LogP contribution >= 0.6 is 0 Å². The fourth-order valence-corrected chi connectivity index (χ4v) is 2.56. The van der Waals surface area contributed by atoms with Crippen LogP contribution in [0.15, 0.2) is 36.0 Å². The minimum Gasteiger partial charge on any atom is -0.454 e. The van der Waals surface area contributed by atoms with Gasteiger partial charge in [0.05, 0.1) is 12.2 Å². The average Bonchev–Trinajstić information content (AvgIpc) is 2.61. The Labute approximate surface area is 113 Å². The number of hydrogen-bond acceptors (Lipinski definition) is 4. The minimum atomic E-state index is -0.752. The highest BCUT2D eigenvalue weighted by molar-refractivity contribution is 5.91. The number of carbonyl (C=O) groups excluding carboxylic acids is 1. The molecule has 0 saturated carbocycles. The molecule has 2 aliphatic rings. The molecule has 2 rings (SSSR count). The van der Waals surface area contributed by atoms with Crippen LogP contribution in [0.3, 0.4) is 0 Å². The van der Waals surface area contributed by atoms with E-state index in [4.69, 9.17) is 4.74 Å². The number of esters is 1. The number of ether oxygens (including phenoxy) is 1. The van der Waals surface area contributed by atoms with Crippen molar-refractivity contribution in [1.82, 2.24) is 0 Å². The Bertz CT molecular complexity index is 449. The van der Waals surface area contributed by atoms with Gasteiger partial charge in [-0.15, -0.1) is 0 Å². The van der Waals surface area contributed by atoms with E-state index in [-0.39, 0.29) is 24.4 Å². The molecule has 4 heteroatoms. The van der Waals surface area contributed by atoms with Gasteiger partial charge in [0, 0.05) is 17.9 Å². The first-order chi connectivity index (χ1) is 8.90. The van der Waals surface area contributed by atoms with E-state index in [2.05, 4.69) is 13.2 Å². The highest BCUT2D eigenvalue weighted by atomic mass is 16.5. The summed E-state index contributed by atoms with van der Waals surface area (Å²) < 4.78 is 5.27. The van der Waals surface area contributed by atoms with Crippen LogP contribution in [-0.2, 0) is 9.53 Å². The molecule has 2 N–H and O–H groups in total. The van der Waals surface area contributed by atoms with Crippen molar-refractivity contribution in [3.05, 3.63) is 36.0 Å². The maximum atomic E-state index is 11.6. The van der Waals surface area contributed by atoms with Crippen molar-refractivity contribution in [1.29, 1.82) is 0 Å². The highest BCUT2D eigenvalue weighted by Crippen LogP contribution is 2.34. The van der Waals surface area contributed by atoms with Crippen molar-refractivity contribution in [3.8, 4) is 0 Å². The summed E-state index contributed by atoms with van der Waals surface area (Å²) in [6.45, 7) is 9.40. The van der Waals surface area contributed by atoms with Crippen LogP contribution < -0.4 is 0 Å². The van der Waals surface area contributed by atoms with Gasteiger partial charge >= 0.3 is 5.97 Å². The van der Waals surface area contributed by atoms with E-state index in [0.29, 0.717) is 29.6 Å². The first kappa shape index (κ1) is 14.0. The molecule has 0 unspecified atom stereocenters. The van der Waals surface area contributed by atoms with Gasteiger partial charge in [-0.2, -0.15) is 0 Å². The molecule has 1 heterocycles. The molecule has 104 valence electrons. The molecule has 0 aromatic rings. The molecular formula is C15H20O4. The van der Waals surface area contributed by atoms with Gasteiger partial charge < -0.3 is 14.9 Å². The predicted octanol–water partition coefficient (Wildman–Crippen LogP) is 1.49. The SMILES string of the molecule is C=C1CC[C@H]2C(=C)C(=O)O[C@@H]2/C=C(\C)[C@@H](O)C[C@@H]1O. The zero-order valence-electron chi connectivity index (χ0n) is 11.1. The lowest BCUT2D eigenvalue weighted by molar-refractivity contribution is -0.137. The second kappa shape index (κ2) is 5.31. The van der Waals surface area contributed by atoms with Crippen LogP contribution in [0.25, 0.3) is 0 Å². The van der Waals surface area contributed by atoms with Crippen molar-refractivity contribution in [2.45, 2.75) is 44.5 Å². The van der Waals surface area contributed by atoms with Crippen LogP contribution in [0.2, 0.25) is 0 Å². The van der Waals surface area contributed by atoms with Crippen LogP contribution in [0.5, 0.6) is 0 Å². The second-order valence-corrected chi connectivity index (χ2v) is 5.38.